The molecular weight excluding hydrogens is 380 g/mol. The van der Waals surface area contributed by atoms with Crippen LogP contribution >= 0.6 is 0 Å². The summed E-state index contributed by atoms with van der Waals surface area (Å²) in [5.74, 6) is 0.492. The van der Waals surface area contributed by atoms with E-state index in [1.165, 1.54) is 16.4 Å². The molecule has 2 heterocycles. The van der Waals surface area contributed by atoms with Crippen molar-refractivity contribution >= 4 is 21.4 Å². The summed E-state index contributed by atoms with van der Waals surface area (Å²) in [6, 6.07) is 9.64. The minimum atomic E-state index is -3.73. The predicted octanol–water partition coefficient (Wildman–Crippen LogP) is 3.07. The third-order valence-electron chi connectivity index (χ3n) is 4.97. The van der Waals surface area contributed by atoms with E-state index < -0.39 is 14.9 Å². The van der Waals surface area contributed by atoms with Crippen LogP contribution in [0.3, 0.4) is 0 Å². The molecule has 1 fully saturated rings. The Labute approximate surface area is 164 Å². The fourth-order valence-corrected chi connectivity index (χ4v) is 4.71. The van der Waals surface area contributed by atoms with Crippen LogP contribution in [-0.4, -0.2) is 42.3 Å². The van der Waals surface area contributed by atoms with E-state index in [9.17, 15) is 18.5 Å². The lowest BCUT2D eigenvalue weighted by Crippen LogP contribution is -2.37. The molecule has 0 amide bonds. The number of benzene rings is 1. The summed E-state index contributed by atoms with van der Waals surface area (Å²) in [6.45, 7) is 3.44. The Morgan fingerprint density at radius 2 is 2.00 bits per heavy atom. The van der Waals surface area contributed by atoms with Gasteiger partial charge in [0.15, 0.2) is 0 Å². The zero-order valence-corrected chi connectivity index (χ0v) is 16.6. The molecule has 0 unspecified atom stereocenters. The fraction of sp³-hybridized carbons (Fsp3) is 0.421. The van der Waals surface area contributed by atoms with E-state index >= 15 is 0 Å². The van der Waals surface area contributed by atoms with Gasteiger partial charge in [-0.05, 0) is 43.0 Å². The second-order valence-corrected chi connectivity index (χ2v) is 8.96. The molecule has 0 atom stereocenters. The standard InChI is InChI=1S/C19H24N4O4S/c1-15-8-12-22(13-9-15)28(26,27)17-5-6-18(19(14-17)23(24)25)21-11-7-16-4-2-3-10-20-16/h2-6,10,14-15,21H,7-9,11-13H2,1H3. The number of piperidine rings is 1. The highest BCUT2D eigenvalue weighted by Gasteiger charge is 2.30. The van der Waals surface area contributed by atoms with Gasteiger partial charge in [0.05, 0.1) is 9.82 Å². The summed E-state index contributed by atoms with van der Waals surface area (Å²) >= 11 is 0. The van der Waals surface area contributed by atoms with Crippen molar-refractivity contribution in [2.75, 3.05) is 25.0 Å². The second kappa shape index (κ2) is 8.66. The zero-order chi connectivity index (χ0) is 20.1. The minimum absolute atomic E-state index is 0.0379. The van der Waals surface area contributed by atoms with E-state index in [1.54, 1.807) is 6.20 Å². The largest absolute Gasteiger partial charge is 0.379 e. The van der Waals surface area contributed by atoms with Crippen LogP contribution in [0.15, 0.2) is 47.5 Å². The number of aromatic nitrogens is 1. The molecule has 1 aliphatic rings. The number of nitrogens with one attached hydrogen (secondary N) is 1. The molecule has 0 aliphatic carbocycles. The van der Waals surface area contributed by atoms with Crippen LogP contribution in [0, 0.1) is 16.0 Å². The quantitative estimate of drug-likeness (QED) is 0.562. The molecule has 9 heteroatoms. The van der Waals surface area contributed by atoms with Crippen LogP contribution in [0.5, 0.6) is 0 Å². The van der Waals surface area contributed by atoms with Crippen molar-refractivity contribution < 1.29 is 13.3 Å². The summed E-state index contributed by atoms with van der Waals surface area (Å²) in [5, 5.41) is 14.5. The molecule has 0 radical (unpaired) electrons. The van der Waals surface area contributed by atoms with Gasteiger partial charge in [-0.1, -0.05) is 13.0 Å². The molecular formula is C19H24N4O4S. The van der Waals surface area contributed by atoms with Gasteiger partial charge in [-0.25, -0.2) is 8.42 Å². The van der Waals surface area contributed by atoms with Gasteiger partial charge in [-0.2, -0.15) is 4.31 Å². The first-order valence-electron chi connectivity index (χ1n) is 9.30. The minimum Gasteiger partial charge on any atom is -0.379 e. The first-order valence-corrected chi connectivity index (χ1v) is 10.7. The smallest absolute Gasteiger partial charge is 0.293 e. The van der Waals surface area contributed by atoms with Gasteiger partial charge < -0.3 is 5.32 Å². The maximum absolute atomic E-state index is 12.9. The van der Waals surface area contributed by atoms with Crippen LogP contribution in [-0.2, 0) is 16.4 Å². The van der Waals surface area contributed by atoms with Crippen molar-refractivity contribution in [3.05, 3.63) is 58.4 Å². The highest BCUT2D eigenvalue weighted by molar-refractivity contribution is 7.89. The molecule has 0 spiro atoms. The van der Waals surface area contributed by atoms with Crippen molar-refractivity contribution in [3.8, 4) is 0 Å². The van der Waals surface area contributed by atoms with Crippen molar-refractivity contribution in [1.82, 2.24) is 9.29 Å². The number of pyridine rings is 1. The molecule has 150 valence electrons. The Kier molecular flexibility index (Phi) is 6.25. The average molecular weight is 404 g/mol. The van der Waals surface area contributed by atoms with E-state index in [2.05, 4.69) is 17.2 Å². The maximum Gasteiger partial charge on any atom is 0.293 e. The van der Waals surface area contributed by atoms with Crippen molar-refractivity contribution in [3.63, 3.8) is 0 Å². The number of hydrogen-bond acceptors (Lipinski definition) is 6. The highest BCUT2D eigenvalue weighted by Crippen LogP contribution is 2.30. The lowest BCUT2D eigenvalue weighted by Gasteiger charge is -2.29. The van der Waals surface area contributed by atoms with E-state index in [1.807, 2.05) is 18.2 Å². The van der Waals surface area contributed by atoms with Gasteiger partial charge in [0.25, 0.3) is 5.69 Å². The number of nitro groups is 1. The predicted molar refractivity (Wildman–Crippen MR) is 107 cm³/mol. The third-order valence-corrected chi connectivity index (χ3v) is 6.86. The molecule has 0 bridgehead atoms. The Morgan fingerprint density at radius 1 is 1.25 bits per heavy atom. The Balaban J connectivity index is 1.76. The van der Waals surface area contributed by atoms with Gasteiger partial charge in [-0.15, -0.1) is 0 Å². The van der Waals surface area contributed by atoms with Gasteiger partial charge in [0.1, 0.15) is 5.69 Å². The third kappa shape index (κ3) is 4.66. The Hall–Kier alpha value is -2.52. The number of sulfonamides is 1. The summed E-state index contributed by atoms with van der Waals surface area (Å²) in [7, 11) is -3.73. The van der Waals surface area contributed by atoms with Gasteiger partial charge >= 0.3 is 0 Å². The lowest BCUT2D eigenvalue weighted by atomic mass is 10.0. The van der Waals surface area contributed by atoms with E-state index in [4.69, 9.17) is 0 Å². The van der Waals surface area contributed by atoms with Crippen molar-refractivity contribution in [2.24, 2.45) is 5.92 Å². The molecule has 0 saturated carbocycles. The summed E-state index contributed by atoms with van der Waals surface area (Å²) in [5.41, 5.74) is 0.927. The Bertz CT molecular complexity index is 926. The number of rotatable bonds is 7. The SMILES string of the molecule is CC1CCN(S(=O)(=O)c2ccc(NCCc3ccccn3)c([N+](=O)[O-])c2)CC1. The fourth-order valence-electron chi connectivity index (χ4n) is 3.22. The molecule has 1 aromatic heterocycles. The summed E-state index contributed by atoms with van der Waals surface area (Å²) < 4.78 is 27.1. The average Bonchev–Trinajstić information content (AvgIpc) is 2.69. The lowest BCUT2D eigenvalue weighted by molar-refractivity contribution is -0.384. The summed E-state index contributed by atoms with van der Waals surface area (Å²) in [4.78, 5) is 15.1. The van der Waals surface area contributed by atoms with Gasteiger partial charge in [0, 0.05) is 44.0 Å². The number of nitro benzene ring substituents is 1. The first-order chi connectivity index (χ1) is 13.4. The van der Waals surface area contributed by atoms with Crippen molar-refractivity contribution in [2.45, 2.75) is 31.1 Å². The molecule has 2 aromatic rings. The second-order valence-electron chi connectivity index (χ2n) is 7.02. The Morgan fingerprint density at radius 3 is 2.64 bits per heavy atom. The van der Waals surface area contributed by atoms with Gasteiger partial charge in [0.2, 0.25) is 10.0 Å². The van der Waals surface area contributed by atoms with Crippen LogP contribution in [0.25, 0.3) is 0 Å². The van der Waals surface area contributed by atoms with Crippen LogP contribution in [0.2, 0.25) is 0 Å². The van der Waals surface area contributed by atoms with Crippen LogP contribution < -0.4 is 5.32 Å². The van der Waals surface area contributed by atoms with Crippen LogP contribution in [0.1, 0.15) is 25.5 Å². The number of hydrogen-bond donors (Lipinski definition) is 1. The topological polar surface area (TPSA) is 105 Å². The molecule has 1 aromatic carbocycles. The molecule has 1 saturated heterocycles. The van der Waals surface area contributed by atoms with E-state index in [0.29, 0.717) is 37.7 Å². The zero-order valence-electron chi connectivity index (χ0n) is 15.7. The van der Waals surface area contributed by atoms with E-state index in [-0.39, 0.29) is 10.6 Å². The highest BCUT2D eigenvalue weighted by atomic mass is 32.2. The summed E-state index contributed by atoms with van der Waals surface area (Å²) in [6.07, 6.45) is 3.89. The van der Waals surface area contributed by atoms with E-state index in [0.717, 1.165) is 24.6 Å². The van der Waals surface area contributed by atoms with Gasteiger partial charge in [-0.3, -0.25) is 15.1 Å². The molecule has 3 rings (SSSR count). The maximum atomic E-state index is 12.9. The molecule has 8 nitrogen and oxygen atoms in total. The van der Waals surface area contributed by atoms with Crippen LogP contribution in [0.4, 0.5) is 11.4 Å². The number of nitrogens with zero attached hydrogens (tertiary/aromatic N) is 3. The van der Waals surface area contributed by atoms with Crippen molar-refractivity contribution in [1.29, 1.82) is 0 Å². The molecule has 28 heavy (non-hydrogen) atoms. The normalized spacial score (nSPS) is 16.0. The number of anilines is 1. The molecule has 1 N–H and O–H groups in total. The molecule has 1 aliphatic heterocycles. The first kappa shape index (κ1) is 20.2. The monoisotopic (exact) mass is 404 g/mol.